The van der Waals surface area contributed by atoms with Crippen molar-refractivity contribution < 1.29 is 4.74 Å². The summed E-state index contributed by atoms with van der Waals surface area (Å²) in [5, 5.41) is 18.8. The third kappa shape index (κ3) is 4.15. The number of nitriles is 1. The van der Waals surface area contributed by atoms with Gasteiger partial charge in [0.2, 0.25) is 0 Å². The minimum Gasteiger partial charge on any atom is -0.497 e. The molecule has 4 aromatic rings. The highest BCUT2D eigenvalue weighted by Gasteiger charge is 2.16. The molecule has 0 saturated heterocycles. The summed E-state index contributed by atoms with van der Waals surface area (Å²) in [5.74, 6) is 2.27. The first-order chi connectivity index (χ1) is 14.3. The molecular formula is C23H18N4OS. The van der Waals surface area contributed by atoms with Crippen LogP contribution >= 0.6 is 11.8 Å². The zero-order chi connectivity index (χ0) is 20.1. The Kier molecular flexibility index (Phi) is 5.59. The van der Waals surface area contributed by atoms with Gasteiger partial charge < -0.3 is 4.74 Å². The van der Waals surface area contributed by atoms with Gasteiger partial charge in [-0.05, 0) is 42.0 Å². The number of aromatic nitrogens is 3. The van der Waals surface area contributed by atoms with Gasteiger partial charge in [0.25, 0.3) is 0 Å². The number of hydrogen-bond acceptors (Lipinski definition) is 5. The Hall–Kier alpha value is -3.56. The van der Waals surface area contributed by atoms with Gasteiger partial charge in [0.15, 0.2) is 11.0 Å². The van der Waals surface area contributed by atoms with Crippen LogP contribution in [0.5, 0.6) is 5.75 Å². The van der Waals surface area contributed by atoms with Crippen molar-refractivity contribution >= 4 is 11.8 Å². The van der Waals surface area contributed by atoms with Gasteiger partial charge in [-0.15, -0.1) is 10.2 Å². The largest absolute Gasteiger partial charge is 0.497 e. The zero-order valence-corrected chi connectivity index (χ0v) is 16.6. The lowest BCUT2D eigenvalue weighted by Crippen LogP contribution is -2.00. The smallest absolute Gasteiger partial charge is 0.196 e. The maximum atomic E-state index is 9.12. The Labute approximate surface area is 173 Å². The van der Waals surface area contributed by atoms with Crippen molar-refractivity contribution in [3.05, 3.63) is 90.0 Å². The Bertz CT molecular complexity index is 1150. The topological polar surface area (TPSA) is 63.7 Å². The normalized spacial score (nSPS) is 10.5. The predicted molar refractivity (Wildman–Crippen MR) is 114 cm³/mol. The van der Waals surface area contributed by atoms with Crippen LogP contribution < -0.4 is 4.74 Å². The number of thioether (sulfide) groups is 1. The van der Waals surface area contributed by atoms with Crippen LogP contribution in [-0.2, 0) is 5.75 Å². The van der Waals surface area contributed by atoms with Crippen molar-refractivity contribution in [2.24, 2.45) is 0 Å². The van der Waals surface area contributed by atoms with Crippen LogP contribution in [0.1, 0.15) is 11.1 Å². The Morgan fingerprint density at radius 2 is 1.76 bits per heavy atom. The summed E-state index contributed by atoms with van der Waals surface area (Å²) in [6.45, 7) is 0. The maximum absolute atomic E-state index is 9.12. The minimum absolute atomic E-state index is 0.657. The molecule has 0 N–H and O–H groups in total. The van der Waals surface area contributed by atoms with E-state index >= 15 is 0 Å². The van der Waals surface area contributed by atoms with Crippen LogP contribution in [0, 0.1) is 11.3 Å². The number of rotatable bonds is 6. The van der Waals surface area contributed by atoms with E-state index in [1.165, 1.54) is 0 Å². The van der Waals surface area contributed by atoms with Crippen molar-refractivity contribution in [1.29, 1.82) is 5.26 Å². The van der Waals surface area contributed by atoms with Crippen molar-refractivity contribution in [3.63, 3.8) is 0 Å². The van der Waals surface area contributed by atoms with Crippen LogP contribution in [0.3, 0.4) is 0 Å². The predicted octanol–water partition coefficient (Wildman–Crippen LogP) is 5.11. The van der Waals surface area contributed by atoms with Crippen LogP contribution in [0.2, 0.25) is 0 Å². The SMILES string of the molecule is COc1ccc(-n2c(SCc3cccc(C#N)c3)nnc2-c2ccccc2)cc1. The molecule has 1 heterocycles. The van der Waals surface area contributed by atoms with E-state index in [0.29, 0.717) is 11.3 Å². The van der Waals surface area contributed by atoms with Gasteiger partial charge in [-0.1, -0.05) is 54.2 Å². The van der Waals surface area contributed by atoms with Gasteiger partial charge in [-0.3, -0.25) is 4.57 Å². The van der Waals surface area contributed by atoms with Crippen molar-refractivity contribution in [1.82, 2.24) is 14.8 Å². The summed E-state index contributed by atoms with van der Waals surface area (Å²) in [6, 6.07) is 27.7. The van der Waals surface area contributed by atoms with Gasteiger partial charge in [0, 0.05) is 17.0 Å². The minimum atomic E-state index is 0.657. The fourth-order valence-corrected chi connectivity index (χ4v) is 3.88. The van der Waals surface area contributed by atoms with Crippen molar-refractivity contribution in [3.8, 4) is 28.9 Å². The Morgan fingerprint density at radius 3 is 2.48 bits per heavy atom. The molecule has 0 fully saturated rings. The maximum Gasteiger partial charge on any atom is 0.196 e. The number of methoxy groups -OCH3 is 1. The molecule has 3 aromatic carbocycles. The molecule has 0 aliphatic rings. The van der Waals surface area contributed by atoms with Crippen LogP contribution in [0.15, 0.2) is 84.0 Å². The summed E-state index contributed by atoms with van der Waals surface area (Å²) >= 11 is 1.59. The van der Waals surface area contributed by atoms with Crippen LogP contribution in [0.4, 0.5) is 0 Å². The summed E-state index contributed by atoms with van der Waals surface area (Å²) in [7, 11) is 1.65. The molecule has 29 heavy (non-hydrogen) atoms. The molecule has 6 heteroatoms. The molecule has 0 spiro atoms. The van der Waals surface area contributed by atoms with Crippen molar-refractivity contribution in [2.75, 3.05) is 7.11 Å². The summed E-state index contributed by atoms with van der Waals surface area (Å²) in [4.78, 5) is 0. The van der Waals surface area contributed by atoms with Crippen LogP contribution in [-0.4, -0.2) is 21.9 Å². The van der Waals surface area contributed by atoms with E-state index in [1.54, 1.807) is 18.9 Å². The van der Waals surface area contributed by atoms with Crippen molar-refractivity contribution in [2.45, 2.75) is 10.9 Å². The van der Waals surface area contributed by atoms with E-state index in [9.17, 15) is 0 Å². The van der Waals surface area contributed by atoms with E-state index in [2.05, 4.69) is 16.3 Å². The molecule has 0 saturated carbocycles. The molecule has 0 aliphatic carbocycles. The fraction of sp³-hybridized carbons (Fsp3) is 0.0870. The van der Waals surface area contributed by atoms with E-state index in [-0.39, 0.29) is 0 Å². The number of ether oxygens (including phenoxy) is 1. The average molecular weight is 398 g/mol. The zero-order valence-electron chi connectivity index (χ0n) is 15.8. The Balaban J connectivity index is 1.71. The van der Waals surface area contributed by atoms with Crippen LogP contribution in [0.25, 0.3) is 17.1 Å². The number of hydrogen-bond donors (Lipinski definition) is 0. The van der Waals surface area contributed by atoms with Gasteiger partial charge in [0.05, 0.1) is 18.7 Å². The molecule has 142 valence electrons. The third-order valence-corrected chi connectivity index (χ3v) is 5.42. The van der Waals surface area contributed by atoms with E-state index < -0.39 is 0 Å². The second-order valence-electron chi connectivity index (χ2n) is 6.31. The molecule has 0 aliphatic heterocycles. The Morgan fingerprint density at radius 1 is 0.966 bits per heavy atom. The van der Waals surface area contributed by atoms with Gasteiger partial charge in [-0.2, -0.15) is 5.26 Å². The quantitative estimate of drug-likeness (QED) is 0.423. The lowest BCUT2D eigenvalue weighted by Gasteiger charge is -2.11. The van der Waals surface area contributed by atoms with Gasteiger partial charge in [-0.25, -0.2) is 0 Å². The molecule has 1 aromatic heterocycles. The summed E-state index contributed by atoms with van der Waals surface area (Å²) in [5.41, 5.74) is 3.68. The summed E-state index contributed by atoms with van der Waals surface area (Å²) < 4.78 is 7.34. The monoisotopic (exact) mass is 398 g/mol. The number of nitrogens with zero attached hydrogens (tertiary/aromatic N) is 4. The molecule has 5 nitrogen and oxygen atoms in total. The second-order valence-corrected chi connectivity index (χ2v) is 7.25. The second kappa shape index (κ2) is 8.63. The molecule has 0 amide bonds. The first kappa shape index (κ1) is 18.8. The first-order valence-corrected chi connectivity index (χ1v) is 10.0. The highest BCUT2D eigenvalue weighted by molar-refractivity contribution is 7.98. The molecule has 0 radical (unpaired) electrons. The fourth-order valence-electron chi connectivity index (χ4n) is 2.98. The van der Waals surface area contributed by atoms with Gasteiger partial charge in [0.1, 0.15) is 5.75 Å². The van der Waals surface area contributed by atoms with E-state index in [0.717, 1.165) is 33.5 Å². The highest BCUT2D eigenvalue weighted by atomic mass is 32.2. The van der Waals surface area contributed by atoms with E-state index in [1.807, 2.05) is 83.4 Å². The highest BCUT2D eigenvalue weighted by Crippen LogP contribution is 2.30. The summed E-state index contributed by atoms with van der Waals surface area (Å²) in [6.07, 6.45) is 0. The third-order valence-electron chi connectivity index (χ3n) is 4.42. The van der Waals surface area contributed by atoms with Gasteiger partial charge >= 0.3 is 0 Å². The average Bonchev–Trinajstić information content (AvgIpc) is 3.22. The molecule has 4 rings (SSSR count). The standard InChI is InChI=1S/C23H18N4OS/c1-28-21-12-10-20(11-13-21)27-22(19-8-3-2-4-9-19)25-26-23(27)29-16-18-7-5-6-17(14-18)15-24/h2-14H,16H2,1H3. The first-order valence-electron chi connectivity index (χ1n) is 9.05. The van der Waals surface area contributed by atoms with E-state index in [4.69, 9.17) is 10.00 Å². The molecule has 0 atom stereocenters. The number of benzene rings is 3. The lowest BCUT2D eigenvalue weighted by atomic mass is 10.2. The lowest BCUT2D eigenvalue weighted by molar-refractivity contribution is 0.414. The molecule has 0 unspecified atom stereocenters. The molecular weight excluding hydrogens is 380 g/mol. The molecule has 0 bridgehead atoms.